The Balaban J connectivity index is 1.88. The Morgan fingerprint density at radius 3 is 2.57 bits per heavy atom. The van der Waals surface area contributed by atoms with Gasteiger partial charge in [0.1, 0.15) is 0 Å². The Morgan fingerprint density at radius 2 is 1.86 bits per heavy atom. The molecule has 3 rings (SSSR count). The quantitative estimate of drug-likeness (QED) is 0.819. The molecule has 0 bridgehead atoms. The average molecular weight is 282 g/mol. The molecule has 1 aliphatic carbocycles. The zero-order chi connectivity index (χ0) is 14.7. The first kappa shape index (κ1) is 14.4. The molecule has 1 fully saturated rings. The lowest BCUT2D eigenvalue weighted by molar-refractivity contribution is 0.524. The predicted molar refractivity (Wildman–Crippen MR) is 92.1 cm³/mol. The maximum absolute atomic E-state index is 3.70. The van der Waals surface area contributed by atoms with Crippen LogP contribution in [0.3, 0.4) is 0 Å². The van der Waals surface area contributed by atoms with Crippen LogP contribution in [0.4, 0.5) is 5.69 Å². The number of benzene rings is 2. The fourth-order valence-corrected chi connectivity index (χ4v) is 3.15. The van der Waals surface area contributed by atoms with Crippen LogP contribution >= 0.6 is 0 Å². The molecular formula is C19H26N2. The molecule has 1 saturated carbocycles. The van der Waals surface area contributed by atoms with E-state index in [2.05, 4.69) is 66.5 Å². The summed E-state index contributed by atoms with van der Waals surface area (Å²) in [5, 5.41) is 6.40. The van der Waals surface area contributed by atoms with E-state index in [-0.39, 0.29) is 0 Å². The smallest absolute Gasteiger partial charge is 0.0448 e. The molecule has 0 amide bonds. The molecule has 0 spiro atoms. The van der Waals surface area contributed by atoms with Crippen LogP contribution in [0.25, 0.3) is 10.8 Å². The number of fused-ring (bicyclic) bond motifs is 1. The van der Waals surface area contributed by atoms with Crippen molar-refractivity contribution in [3.8, 4) is 0 Å². The third-order valence-corrected chi connectivity index (χ3v) is 4.55. The van der Waals surface area contributed by atoms with Crippen molar-refractivity contribution in [1.29, 1.82) is 0 Å². The van der Waals surface area contributed by atoms with Crippen molar-refractivity contribution < 1.29 is 0 Å². The van der Waals surface area contributed by atoms with E-state index in [4.69, 9.17) is 0 Å². The van der Waals surface area contributed by atoms with Crippen LogP contribution < -0.4 is 10.2 Å². The number of hydrogen-bond acceptors (Lipinski definition) is 2. The van der Waals surface area contributed by atoms with Crippen molar-refractivity contribution in [2.75, 3.05) is 18.0 Å². The highest BCUT2D eigenvalue weighted by molar-refractivity contribution is 5.94. The lowest BCUT2D eigenvalue weighted by atomic mass is 10.1. The number of rotatable bonds is 7. The van der Waals surface area contributed by atoms with Gasteiger partial charge < -0.3 is 10.2 Å². The summed E-state index contributed by atoms with van der Waals surface area (Å²) >= 11 is 0. The SMILES string of the molecule is CCC(CNC1CC1)N(CC)c1cccc2ccccc12. The summed E-state index contributed by atoms with van der Waals surface area (Å²) in [4.78, 5) is 2.57. The summed E-state index contributed by atoms with van der Waals surface area (Å²) in [5.41, 5.74) is 1.38. The van der Waals surface area contributed by atoms with E-state index in [0.717, 1.165) is 19.1 Å². The van der Waals surface area contributed by atoms with Crippen LogP contribution in [0.15, 0.2) is 42.5 Å². The second-order valence-corrected chi connectivity index (χ2v) is 6.03. The lowest BCUT2D eigenvalue weighted by Crippen LogP contribution is -2.42. The topological polar surface area (TPSA) is 15.3 Å². The van der Waals surface area contributed by atoms with E-state index in [1.807, 2.05) is 0 Å². The summed E-state index contributed by atoms with van der Waals surface area (Å²) in [6, 6.07) is 16.7. The van der Waals surface area contributed by atoms with Gasteiger partial charge in [0.25, 0.3) is 0 Å². The Bertz CT molecular complexity index is 584. The van der Waals surface area contributed by atoms with Crippen LogP contribution in [0.5, 0.6) is 0 Å². The van der Waals surface area contributed by atoms with Crippen LogP contribution in [-0.2, 0) is 0 Å². The summed E-state index contributed by atoms with van der Waals surface area (Å²) in [6.45, 7) is 6.71. The number of hydrogen-bond donors (Lipinski definition) is 1. The minimum atomic E-state index is 0.571. The summed E-state index contributed by atoms with van der Waals surface area (Å²) in [6.07, 6.45) is 3.89. The minimum Gasteiger partial charge on any atom is -0.367 e. The van der Waals surface area contributed by atoms with Gasteiger partial charge in [-0.15, -0.1) is 0 Å². The first-order valence-electron chi connectivity index (χ1n) is 8.31. The Morgan fingerprint density at radius 1 is 1.10 bits per heavy atom. The third-order valence-electron chi connectivity index (χ3n) is 4.55. The van der Waals surface area contributed by atoms with Crippen molar-refractivity contribution in [2.24, 2.45) is 0 Å². The number of likely N-dealkylation sites (N-methyl/N-ethyl adjacent to an activating group) is 1. The molecule has 1 atom stereocenters. The maximum Gasteiger partial charge on any atom is 0.0448 e. The second-order valence-electron chi connectivity index (χ2n) is 6.03. The van der Waals surface area contributed by atoms with Gasteiger partial charge in [0, 0.05) is 36.2 Å². The normalized spacial score (nSPS) is 16.1. The Kier molecular flexibility index (Phi) is 4.45. The van der Waals surface area contributed by atoms with Crippen molar-refractivity contribution in [3.05, 3.63) is 42.5 Å². The molecule has 2 aromatic carbocycles. The first-order valence-corrected chi connectivity index (χ1v) is 8.31. The fourth-order valence-electron chi connectivity index (χ4n) is 3.15. The van der Waals surface area contributed by atoms with Crippen molar-refractivity contribution in [3.63, 3.8) is 0 Å². The number of nitrogens with one attached hydrogen (secondary N) is 1. The highest BCUT2D eigenvalue weighted by atomic mass is 15.2. The fraction of sp³-hybridized carbons (Fsp3) is 0.474. The average Bonchev–Trinajstić information content (AvgIpc) is 3.35. The van der Waals surface area contributed by atoms with Gasteiger partial charge in [-0.25, -0.2) is 0 Å². The van der Waals surface area contributed by atoms with E-state index in [0.29, 0.717) is 6.04 Å². The molecule has 0 heterocycles. The van der Waals surface area contributed by atoms with Gasteiger partial charge in [0.15, 0.2) is 0 Å². The van der Waals surface area contributed by atoms with Crippen molar-refractivity contribution in [2.45, 2.75) is 45.2 Å². The molecule has 2 nitrogen and oxygen atoms in total. The monoisotopic (exact) mass is 282 g/mol. The molecule has 0 aliphatic heterocycles. The summed E-state index contributed by atoms with van der Waals surface area (Å²) in [5.74, 6) is 0. The van der Waals surface area contributed by atoms with Gasteiger partial charge in [0.05, 0.1) is 0 Å². The number of nitrogens with zero attached hydrogens (tertiary/aromatic N) is 1. The van der Waals surface area contributed by atoms with E-state index < -0.39 is 0 Å². The number of anilines is 1. The molecule has 0 aromatic heterocycles. The molecule has 2 heteroatoms. The predicted octanol–water partition coefficient (Wildman–Crippen LogP) is 4.20. The van der Waals surface area contributed by atoms with Crippen LogP contribution in [0, 0.1) is 0 Å². The molecule has 1 aliphatic rings. The zero-order valence-corrected chi connectivity index (χ0v) is 13.2. The molecule has 0 radical (unpaired) electrons. The molecule has 112 valence electrons. The maximum atomic E-state index is 3.70. The van der Waals surface area contributed by atoms with E-state index in [1.165, 1.54) is 35.7 Å². The Labute approximate surface area is 128 Å². The zero-order valence-electron chi connectivity index (χ0n) is 13.2. The van der Waals surface area contributed by atoms with E-state index >= 15 is 0 Å². The van der Waals surface area contributed by atoms with Gasteiger partial charge in [-0.3, -0.25) is 0 Å². The molecular weight excluding hydrogens is 256 g/mol. The van der Waals surface area contributed by atoms with E-state index in [1.54, 1.807) is 0 Å². The third kappa shape index (κ3) is 3.21. The van der Waals surface area contributed by atoms with Gasteiger partial charge >= 0.3 is 0 Å². The van der Waals surface area contributed by atoms with Gasteiger partial charge in [-0.2, -0.15) is 0 Å². The van der Waals surface area contributed by atoms with Gasteiger partial charge in [0.2, 0.25) is 0 Å². The van der Waals surface area contributed by atoms with Crippen molar-refractivity contribution in [1.82, 2.24) is 5.32 Å². The standard InChI is InChI=1S/C19H26N2/c1-3-17(14-20-16-12-13-16)21(4-2)19-11-7-9-15-8-5-6-10-18(15)19/h5-11,16-17,20H,3-4,12-14H2,1-2H3. The molecule has 1 N–H and O–H groups in total. The van der Waals surface area contributed by atoms with Crippen LogP contribution in [0.2, 0.25) is 0 Å². The second kappa shape index (κ2) is 6.48. The Hall–Kier alpha value is -1.54. The summed E-state index contributed by atoms with van der Waals surface area (Å²) < 4.78 is 0. The van der Waals surface area contributed by atoms with Crippen molar-refractivity contribution >= 4 is 16.5 Å². The molecule has 1 unspecified atom stereocenters. The lowest BCUT2D eigenvalue weighted by Gasteiger charge is -2.33. The van der Waals surface area contributed by atoms with Gasteiger partial charge in [-0.1, -0.05) is 43.3 Å². The molecule has 21 heavy (non-hydrogen) atoms. The minimum absolute atomic E-state index is 0.571. The highest BCUT2D eigenvalue weighted by Crippen LogP contribution is 2.29. The highest BCUT2D eigenvalue weighted by Gasteiger charge is 2.24. The largest absolute Gasteiger partial charge is 0.367 e. The van der Waals surface area contributed by atoms with Crippen LogP contribution in [0.1, 0.15) is 33.1 Å². The molecule has 2 aromatic rings. The van der Waals surface area contributed by atoms with E-state index in [9.17, 15) is 0 Å². The van der Waals surface area contributed by atoms with Crippen LogP contribution in [-0.4, -0.2) is 25.2 Å². The first-order chi connectivity index (χ1) is 10.3. The van der Waals surface area contributed by atoms with Gasteiger partial charge in [-0.05, 0) is 37.6 Å². The summed E-state index contributed by atoms with van der Waals surface area (Å²) in [7, 11) is 0. The molecule has 0 saturated heterocycles.